The number of carbonyl (C=O) groups is 1. The van der Waals surface area contributed by atoms with Crippen molar-refractivity contribution in [1.29, 1.82) is 0 Å². The standard InChI is InChI=1S/C12H19NO6S/c1-8-10(12(15)18-3)11(9(2)19-8)20(16,17)13-6-4-5-7-14/h13-14H,4-7H2,1-3H3. The summed E-state index contributed by atoms with van der Waals surface area (Å²) in [5.74, 6) is -0.419. The van der Waals surface area contributed by atoms with Crippen LogP contribution < -0.4 is 4.72 Å². The number of hydrogen-bond donors (Lipinski definition) is 2. The highest BCUT2D eigenvalue weighted by molar-refractivity contribution is 7.89. The zero-order valence-corrected chi connectivity index (χ0v) is 12.5. The predicted octanol–water partition coefficient (Wildman–Crippen LogP) is 0.734. The normalized spacial score (nSPS) is 11.6. The van der Waals surface area contributed by atoms with E-state index in [4.69, 9.17) is 9.52 Å². The highest BCUT2D eigenvalue weighted by Gasteiger charge is 2.31. The minimum absolute atomic E-state index is 0.00101. The van der Waals surface area contributed by atoms with Crippen LogP contribution in [0.15, 0.2) is 9.31 Å². The molecule has 0 aliphatic heterocycles. The number of aliphatic hydroxyl groups excluding tert-OH is 1. The van der Waals surface area contributed by atoms with E-state index in [1.54, 1.807) is 0 Å². The summed E-state index contributed by atoms with van der Waals surface area (Å²) in [6.07, 6.45) is 0.995. The number of unbranched alkanes of at least 4 members (excludes halogenated alkanes) is 1. The second-order valence-electron chi connectivity index (χ2n) is 4.24. The minimum atomic E-state index is -3.86. The summed E-state index contributed by atoms with van der Waals surface area (Å²) in [5, 5.41) is 8.66. The average molecular weight is 305 g/mol. The molecule has 0 aliphatic carbocycles. The number of methoxy groups -OCH3 is 1. The summed E-state index contributed by atoms with van der Waals surface area (Å²) in [6, 6.07) is 0. The van der Waals surface area contributed by atoms with Crippen LogP contribution in [0, 0.1) is 13.8 Å². The van der Waals surface area contributed by atoms with Gasteiger partial charge in [0.25, 0.3) is 0 Å². The summed E-state index contributed by atoms with van der Waals surface area (Å²) in [6.45, 7) is 3.15. The van der Waals surface area contributed by atoms with E-state index in [0.717, 1.165) is 0 Å². The lowest BCUT2D eigenvalue weighted by Gasteiger charge is -2.07. The third-order valence-corrected chi connectivity index (χ3v) is 4.35. The molecule has 0 saturated heterocycles. The van der Waals surface area contributed by atoms with Gasteiger partial charge in [0.05, 0.1) is 7.11 Å². The second-order valence-corrected chi connectivity index (χ2v) is 5.94. The Morgan fingerprint density at radius 3 is 2.50 bits per heavy atom. The SMILES string of the molecule is COC(=O)c1c(C)oc(C)c1S(=O)(=O)NCCCCO. The monoisotopic (exact) mass is 305 g/mol. The zero-order chi connectivity index (χ0) is 15.3. The van der Waals surface area contributed by atoms with Crippen molar-refractivity contribution in [1.82, 2.24) is 4.72 Å². The summed E-state index contributed by atoms with van der Waals surface area (Å²) in [7, 11) is -2.69. The summed E-state index contributed by atoms with van der Waals surface area (Å²) >= 11 is 0. The Morgan fingerprint density at radius 1 is 1.30 bits per heavy atom. The molecular weight excluding hydrogens is 286 g/mol. The molecule has 0 unspecified atom stereocenters. The molecule has 114 valence electrons. The fourth-order valence-corrected chi connectivity index (χ4v) is 3.31. The van der Waals surface area contributed by atoms with Crippen LogP contribution in [0.25, 0.3) is 0 Å². The van der Waals surface area contributed by atoms with Crippen LogP contribution in [-0.4, -0.2) is 39.8 Å². The zero-order valence-electron chi connectivity index (χ0n) is 11.7. The van der Waals surface area contributed by atoms with Crippen molar-refractivity contribution in [3.8, 4) is 0 Å². The first-order valence-corrected chi connectivity index (χ1v) is 7.62. The molecule has 1 rings (SSSR count). The van der Waals surface area contributed by atoms with Crippen LogP contribution in [-0.2, 0) is 14.8 Å². The van der Waals surface area contributed by atoms with Gasteiger partial charge in [-0.15, -0.1) is 0 Å². The van der Waals surface area contributed by atoms with E-state index in [1.807, 2.05) is 0 Å². The number of ether oxygens (including phenoxy) is 1. The van der Waals surface area contributed by atoms with Crippen LogP contribution in [0.5, 0.6) is 0 Å². The van der Waals surface area contributed by atoms with Crippen molar-refractivity contribution in [2.75, 3.05) is 20.3 Å². The number of hydrogen-bond acceptors (Lipinski definition) is 6. The van der Waals surface area contributed by atoms with E-state index in [2.05, 4.69) is 9.46 Å². The fraction of sp³-hybridized carbons (Fsp3) is 0.583. The highest BCUT2D eigenvalue weighted by atomic mass is 32.2. The van der Waals surface area contributed by atoms with E-state index < -0.39 is 16.0 Å². The third-order valence-electron chi connectivity index (χ3n) is 2.74. The van der Waals surface area contributed by atoms with Crippen molar-refractivity contribution in [2.45, 2.75) is 31.6 Å². The van der Waals surface area contributed by atoms with E-state index in [9.17, 15) is 13.2 Å². The molecule has 1 aromatic heterocycles. The Bertz CT molecular complexity index is 575. The van der Waals surface area contributed by atoms with Gasteiger partial charge in [-0.2, -0.15) is 0 Å². The molecule has 2 N–H and O–H groups in total. The lowest BCUT2D eigenvalue weighted by Crippen LogP contribution is -2.27. The number of aryl methyl sites for hydroxylation is 2. The maximum absolute atomic E-state index is 12.2. The quantitative estimate of drug-likeness (QED) is 0.568. The molecule has 8 heteroatoms. The topological polar surface area (TPSA) is 106 Å². The molecule has 0 radical (unpaired) electrons. The van der Waals surface area contributed by atoms with Gasteiger partial charge in [0.1, 0.15) is 22.0 Å². The van der Waals surface area contributed by atoms with Crippen molar-refractivity contribution in [3.63, 3.8) is 0 Å². The van der Waals surface area contributed by atoms with Crippen LogP contribution in [0.2, 0.25) is 0 Å². The fourth-order valence-electron chi connectivity index (χ4n) is 1.84. The van der Waals surface area contributed by atoms with Gasteiger partial charge in [-0.05, 0) is 26.7 Å². The molecule has 0 amide bonds. The van der Waals surface area contributed by atoms with Crippen molar-refractivity contribution >= 4 is 16.0 Å². The van der Waals surface area contributed by atoms with E-state index >= 15 is 0 Å². The molecule has 0 spiro atoms. The summed E-state index contributed by atoms with van der Waals surface area (Å²) < 4.78 is 36.6. The van der Waals surface area contributed by atoms with Crippen LogP contribution in [0.4, 0.5) is 0 Å². The van der Waals surface area contributed by atoms with E-state index in [0.29, 0.717) is 12.8 Å². The number of rotatable bonds is 7. The van der Waals surface area contributed by atoms with Crippen molar-refractivity contribution < 1.29 is 27.5 Å². The van der Waals surface area contributed by atoms with Gasteiger partial charge in [-0.25, -0.2) is 17.9 Å². The molecule has 1 aromatic rings. The summed E-state index contributed by atoms with van der Waals surface area (Å²) in [5.41, 5.74) is -0.0836. The molecule has 1 heterocycles. The largest absolute Gasteiger partial charge is 0.465 e. The lowest BCUT2D eigenvalue weighted by molar-refractivity contribution is 0.0595. The van der Waals surface area contributed by atoms with Gasteiger partial charge in [0.15, 0.2) is 0 Å². The van der Waals surface area contributed by atoms with Crippen LogP contribution >= 0.6 is 0 Å². The number of aliphatic hydroxyl groups is 1. The number of nitrogens with one attached hydrogen (secondary N) is 1. The Balaban J connectivity index is 3.08. The van der Waals surface area contributed by atoms with Gasteiger partial charge < -0.3 is 14.3 Å². The van der Waals surface area contributed by atoms with Gasteiger partial charge in [-0.1, -0.05) is 0 Å². The highest BCUT2D eigenvalue weighted by Crippen LogP contribution is 2.27. The first kappa shape index (κ1) is 16.7. The predicted molar refractivity (Wildman–Crippen MR) is 71.0 cm³/mol. The molecule has 0 saturated carbocycles. The number of sulfonamides is 1. The van der Waals surface area contributed by atoms with Gasteiger partial charge >= 0.3 is 5.97 Å². The maximum Gasteiger partial charge on any atom is 0.342 e. The first-order chi connectivity index (χ1) is 9.35. The average Bonchev–Trinajstić information content (AvgIpc) is 2.69. The smallest absolute Gasteiger partial charge is 0.342 e. The molecule has 20 heavy (non-hydrogen) atoms. The number of esters is 1. The van der Waals surface area contributed by atoms with E-state index in [-0.39, 0.29) is 35.1 Å². The Hall–Kier alpha value is -1.38. The third kappa shape index (κ3) is 3.59. The molecule has 7 nitrogen and oxygen atoms in total. The van der Waals surface area contributed by atoms with Gasteiger partial charge in [0, 0.05) is 13.2 Å². The molecule has 0 atom stereocenters. The lowest BCUT2D eigenvalue weighted by atomic mass is 10.2. The first-order valence-electron chi connectivity index (χ1n) is 6.14. The van der Waals surface area contributed by atoms with Gasteiger partial charge in [-0.3, -0.25) is 0 Å². The Morgan fingerprint density at radius 2 is 1.95 bits per heavy atom. The van der Waals surface area contributed by atoms with Crippen molar-refractivity contribution in [3.05, 3.63) is 17.1 Å². The minimum Gasteiger partial charge on any atom is -0.465 e. The molecule has 0 bridgehead atoms. The number of furan rings is 1. The Labute approximate surface area is 118 Å². The van der Waals surface area contributed by atoms with Crippen LogP contribution in [0.1, 0.15) is 34.7 Å². The molecule has 0 aromatic carbocycles. The van der Waals surface area contributed by atoms with Crippen molar-refractivity contribution in [2.24, 2.45) is 0 Å². The molecule has 0 aliphatic rings. The summed E-state index contributed by atoms with van der Waals surface area (Å²) in [4.78, 5) is 11.5. The van der Waals surface area contributed by atoms with Gasteiger partial charge in [0.2, 0.25) is 10.0 Å². The molecule has 0 fully saturated rings. The molecular formula is C12H19NO6S. The van der Waals surface area contributed by atoms with Crippen LogP contribution in [0.3, 0.4) is 0 Å². The second kappa shape index (κ2) is 6.87. The Kier molecular flexibility index (Phi) is 5.73. The van der Waals surface area contributed by atoms with E-state index in [1.165, 1.54) is 21.0 Å². The number of carbonyl (C=O) groups excluding carboxylic acids is 1. The maximum atomic E-state index is 12.2.